The number of halogens is 1. The second kappa shape index (κ2) is 6.97. The lowest BCUT2D eigenvalue weighted by Crippen LogP contribution is -2.35. The van der Waals surface area contributed by atoms with Gasteiger partial charge in [0, 0.05) is 59.4 Å². The van der Waals surface area contributed by atoms with E-state index in [1.165, 1.54) is 0 Å². The van der Waals surface area contributed by atoms with Gasteiger partial charge in [0.05, 0.1) is 22.3 Å². The van der Waals surface area contributed by atoms with Crippen molar-refractivity contribution in [2.24, 2.45) is 0 Å². The van der Waals surface area contributed by atoms with Crippen LogP contribution in [0.5, 0.6) is 0 Å². The summed E-state index contributed by atoms with van der Waals surface area (Å²) in [5.41, 5.74) is 4.65. The Kier molecular flexibility index (Phi) is 4.30. The Morgan fingerprint density at radius 2 is 2.16 bits per heavy atom. The van der Waals surface area contributed by atoms with E-state index in [4.69, 9.17) is 16.6 Å². The molecule has 0 unspecified atom stereocenters. The third-order valence-electron chi connectivity index (χ3n) is 7.32. The van der Waals surface area contributed by atoms with Gasteiger partial charge >= 0.3 is 0 Å². The standard InChI is InChI=1S/C24H25ClN4O2/c25-21-17(12-27-23-20(21)24(13-28-23)8-7-14(30)10-24)16-11-26-22-15(16)4-3-5-18(22)29-9-2-1-6-19(29)31/h3-5,11-12,14,26,30H,1-2,6-10,13H2,(H,27,28)/t14-,24+/m1/s1. The predicted molar refractivity (Wildman–Crippen MR) is 123 cm³/mol. The number of carbonyl (C=O) groups excluding carboxylic acids is 1. The van der Waals surface area contributed by atoms with E-state index >= 15 is 0 Å². The summed E-state index contributed by atoms with van der Waals surface area (Å²) < 4.78 is 0. The van der Waals surface area contributed by atoms with E-state index in [0.29, 0.717) is 17.9 Å². The van der Waals surface area contributed by atoms with Gasteiger partial charge in [0.25, 0.3) is 0 Å². The van der Waals surface area contributed by atoms with Crippen molar-refractivity contribution < 1.29 is 9.90 Å². The zero-order valence-electron chi connectivity index (χ0n) is 17.2. The molecule has 3 aromatic rings. The molecule has 1 aromatic carbocycles. The van der Waals surface area contributed by atoms with Gasteiger partial charge in [-0.15, -0.1) is 0 Å². The first-order valence-electron chi connectivity index (χ1n) is 11.1. The molecule has 2 atom stereocenters. The molecule has 6 rings (SSSR count). The Balaban J connectivity index is 1.48. The second-order valence-electron chi connectivity index (χ2n) is 9.14. The number of H-pyrrole nitrogens is 1. The number of nitrogens with one attached hydrogen (secondary N) is 2. The smallest absolute Gasteiger partial charge is 0.227 e. The van der Waals surface area contributed by atoms with Crippen LogP contribution in [0.4, 0.5) is 11.5 Å². The molecule has 1 amide bonds. The van der Waals surface area contributed by atoms with Gasteiger partial charge in [0.2, 0.25) is 5.91 Å². The van der Waals surface area contributed by atoms with Gasteiger partial charge in [-0.25, -0.2) is 4.98 Å². The zero-order valence-corrected chi connectivity index (χ0v) is 18.0. The number of fused-ring (bicyclic) bond motifs is 3. The van der Waals surface area contributed by atoms with Crippen LogP contribution in [-0.2, 0) is 10.2 Å². The highest BCUT2D eigenvalue weighted by atomic mass is 35.5. The number of aliphatic hydroxyl groups is 1. The number of rotatable bonds is 2. The summed E-state index contributed by atoms with van der Waals surface area (Å²) in [6.07, 6.45) is 8.52. The van der Waals surface area contributed by atoms with Crippen molar-refractivity contribution in [1.82, 2.24) is 9.97 Å². The molecule has 0 bridgehead atoms. The molecule has 2 aromatic heterocycles. The minimum atomic E-state index is -0.287. The number of aromatic amines is 1. The van der Waals surface area contributed by atoms with Gasteiger partial charge in [-0.1, -0.05) is 23.7 Å². The Labute approximate surface area is 185 Å². The quantitative estimate of drug-likeness (QED) is 0.548. The SMILES string of the molecule is O=C1CCCCN1c1cccc2c(-c3cnc4c(c3Cl)[C@]3(CC[C@@H](O)C3)CN4)c[nH]c12. The first-order chi connectivity index (χ1) is 15.1. The highest BCUT2D eigenvalue weighted by Crippen LogP contribution is 2.52. The van der Waals surface area contributed by atoms with Crippen LogP contribution in [0.3, 0.4) is 0 Å². The Morgan fingerprint density at radius 1 is 1.26 bits per heavy atom. The number of aromatic nitrogens is 2. The summed E-state index contributed by atoms with van der Waals surface area (Å²) in [5.74, 6) is 1.02. The third kappa shape index (κ3) is 2.81. The number of anilines is 2. The van der Waals surface area contributed by atoms with E-state index in [1.54, 1.807) is 0 Å². The molecule has 2 fully saturated rings. The molecule has 4 heterocycles. The van der Waals surface area contributed by atoms with Crippen LogP contribution in [0, 0.1) is 0 Å². The maximum atomic E-state index is 12.5. The van der Waals surface area contributed by atoms with Crippen LogP contribution in [0.1, 0.15) is 44.1 Å². The summed E-state index contributed by atoms with van der Waals surface area (Å²) in [5, 5.41) is 15.4. The number of nitrogens with zero attached hydrogens (tertiary/aromatic N) is 2. The van der Waals surface area contributed by atoms with Gasteiger partial charge in [0.15, 0.2) is 0 Å². The maximum Gasteiger partial charge on any atom is 0.227 e. The van der Waals surface area contributed by atoms with E-state index in [9.17, 15) is 9.90 Å². The lowest BCUT2D eigenvalue weighted by molar-refractivity contribution is -0.119. The average molecular weight is 437 g/mol. The number of carbonyl (C=O) groups is 1. The van der Waals surface area contributed by atoms with E-state index in [2.05, 4.69) is 16.4 Å². The topological polar surface area (TPSA) is 81.2 Å². The van der Waals surface area contributed by atoms with E-state index in [-0.39, 0.29) is 17.4 Å². The fourth-order valence-corrected chi connectivity index (χ4v) is 6.21. The summed E-state index contributed by atoms with van der Waals surface area (Å²) in [7, 11) is 0. The number of hydrogen-bond acceptors (Lipinski definition) is 4. The van der Waals surface area contributed by atoms with Crippen molar-refractivity contribution in [2.75, 3.05) is 23.3 Å². The van der Waals surface area contributed by atoms with Crippen LogP contribution in [-0.4, -0.2) is 40.2 Å². The van der Waals surface area contributed by atoms with Gasteiger partial charge in [-0.3, -0.25) is 4.79 Å². The van der Waals surface area contributed by atoms with Crippen LogP contribution in [0.25, 0.3) is 22.0 Å². The number of piperidine rings is 1. The Hall–Kier alpha value is -2.57. The maximum absolute atomic E-state index is 12.5. The van der Waals surface area contributed by atoms with Crippen molar-refractivity contribution in [3.63, 3.8) is 0 Å². The highest BCUT2D eigenvalue weighted by Gasteiger charge is 2.47. The summed E-state index contributed by atoms with van der Waals surface area (Å²) in [6, 6.07) is 6.07. The van der Waals surface area contributed by atoms with Gasteiger partial charge < -0.3 is 20.3 Å². The first-order valence-corrected chi connectivity index (χ1v) is 11.5. The van der Waals surface area contributed by atoms with Crippen molar-refractivity contribution in [2.45, 2.75) is 50.0 Å². The van der Waals surface area contributed by atoms with Crippen LogP contribution >= 0.6 is 11.6 Å². The Morgan fingerprint density at radius 3 is 2.97 bits per heavy atom. The number of para-hydroxylation sites is 1. The molecule has 1 spiro atoms. The second-order valence-corrected chi connectivity index (χ2v) is 9.52. The normalized spacial score (nSPS) is 25.4. The molecule has 0 radical (unpaired) electrons. The fourth-order valence-electron chi connectivity index (χ4n) is 5.77. The first kappa shape index (κ1) is 19.1. The van der Waals surface area contributed by atoms with E-state index in [1.807, 2.05) is 29.4 Å². The Bertz CT molecular complexity index is 1200. The van der Waals surface area contributed by atoms with Gasteiger partial charge in [-0.2, -0.15) is 0 Å². The molecule has 160 valence electrons. The lowest BCUT2D eigenvalue weighted by atomic mass is 9.80. The molecule has 1 saturated carbocycles. The average Bonchev–Trinajstić information content (AvgIpc) is 3.47. The van der Waals surface area contributed by atoms with Gasteiger partial charge in [0.1, 0.15) is 5.82 Å². The monoisotopic (exact) mass is 436 g/mol. The van der Waals surface area contributed by atoms with Crippen LogP contribution in [0.15, 0.2) is 30.6 Å². The lowest BCUT2D eigenvalue weighted by Gasteiger charge is -2.27. The van der Waals surface area contributed by atoms with Crippen molar-refractivity contribution in [3.8, 4) is 11.1 Å². The fraction of sp³-hybridized carbons (Fsp3) is 0.417. The van der Waals surface area contributed by atoms with Crippen LogP contribution in [0.2, 0.25) is 5.02 Å². The summed E-state index contributed by atoms with van der Waals surface area (Å²) in [6.45, 7) is 1.52. The van der Waals surface area contributed by atoms with Crippen molar-refractivity contribution in [3.05, 3.63) is 41.2 Å². The zero-order chi connectivity index (χ0) is 21.2. The predicted octanol–water partition coefficient (Wildman–Crippen LogP) is 4.61. The number of hydrogen-bond donors (Lipinski definition) is 3. The van der Waals surface area contributed by atoms with E-state index < -0.39 is 0 Å². The summed E-state index contributed by atoms with van der Waals surface area (Å²) >= 11 is 7.03. The molecular formula is C24H25ClN4O2. The summed E-state index contributed by atoms with van der Waals surface area (Å²) in [4.78, 5) is 22.5. The minimum Gasteiger partial charge on any atom is -0.393 e. The molecule has 31 heavy (non-hydrogen) atoms. The van der Waals surface area contributed by atoms with E-state index in [0.717, 1.165) is 77.9 Å². The molecule has 1 saturated heterocycles. The number of benzene rings is 1. The van der Waals surface area contributed by atoms with Crippen LogP contribution < -0.4 is 10.2 Å². The highest BCUT2D eigenvalue weighted by molar-refractivity contribution is 6.35. The molecule has 7 heteroatoms. The van der Waals surface area contributed by atoms with Crippen molar-refractivity contribution >= 4 is 39.9 Å². The number of pyridine rings is 1. The minimum absolute atomic E-state index is 0.146. The third-order valence-corrected chi connectivity index (χ3v) is 7.71. The largest absolute Gasteiger partial charge is 0.393 e. The molecule has 1 aliphatic carbocycles. The van der Waals surface area contributed by atoms with Gasteiger partial charge in [-0.05, 0) is 38.2 Å². The molecule has 3 N–H and O–H groups in total. The molecule has 2 aliphatic heterocycles. The molecule has 3 aliphatic rings. The number of aliphatic hydroxyl groups excluding tert-OH is 1. The molecule has 6 nitrogen and oxygen atoms in total. The van der Waals surface area contributed by atoms with Crippen molar-refractivity contribution in [1.29, 1.82) is 0 Å². The number of amides is 1. The molecular weight excluding hydrogens is 412 g/mol.